The molecule has 3 aromatic carbocycles. The molecule has 0 radical (unpaired) electrons. The van der Waals surface area contributed by atoms with Crippen LogP contribution in [0, 0.1) is 0 Å². The van der Waals surface area contributed by atoms with Crippen LogP contribution in [0.5, 0.6) is 5.75 Å². The predicted octanol–water partition coefficient (Wildman–Crippen LogP) is 11.5. The van der Waals surface area contributed by atoms with E-state index in [0.29, 0.717) is 0 Å². The number of hydrogen-bond acceptors (Lipinski definition) is 5. The van der Waals surface area contributed by atoms with Gasteiger partial charge in [-0.2, -0.15) is 5.10 Å². The Labute approximate surface area is 265 Å². The van der Waals surface area contributed by atoms with Crippen LogP contribution in [0.4, 0.5) is 5.13 Å². The van der Waals surface area contributed by atoms with Gasteiger partial charge in [0.05, 0.1) is 28.6 Å². The average molecular weight is 698 g/mol. The highest BCUT2D eigenvalue weighted by Gasteiger charge is 2.34. The third-order valence-electron chi connectivity index (χ3n) is 7.65. The molecule has 1 aliphatic rings. The smallest absolute Gasteiger partial charge is 0.207 e. The molecule has 41 heavy (non-hydrogen) atoms. The van der Waals surface area contributed by atoms with Crippen molar-refractivity contribution in [1.29, 1.82) is 0 Å². The van der Waals surface area contributed by atoms with Crippen molar-refractivity contribution in [1.82, 2.24) is 4.98 Å². The van der Waals surface area contributed by atoms with Crippen LogP contribution in [-0.4, -0.2) is 17.3 Å². The molecule has 0 N–H and O–H groups in total. The summed E-state index contributed by atoms with van der Waals surface area (Å²) in [6.07, 6.45) is 14.0. The maximum atomic E-state index is 6.45. The number of benzene rings is 3. The number of thiazole rings is 1. The van der Waals surface area contributed by atoms with E-state index >= 15 is 0 Å². The zero-order chi connectivity index (χ0) is 28.4. The molecule has 1 aliphatic heterocycles. The van der Waals surface area contributed by atoms with Gasteiger partial charge in [-0.05, 0) is 54.4 Å². The topological polar surface area (TPSA) is 37.7 Å². The van der Waals surface area contributed by atoms with E-state index in [1.807, 2.05) is 6.07 Å². The highest BCUT2D eigenvalue weighted by molar-refractivity contribution is 9.10. The fraction of sp³-hybridized carbons (Fsp3) is 0.412. The first-order chi connectivity index (χ1) is 20.1. The highest BCUT2D eigenvalue weighted by Crippen LogP contribution is 2.43. The Morgan fingerprint density at radius 1 is 0.829 bits per heavy atom. The fourth-order valence-corrected chi connectivity index (χ4v) is 7.00. The number of hydrogen-bond donors (Lipinski definition) is 0. The van der Waals surface area contributed by atoms with Crippen molar-refractivity contribution in [3.63, 3.8) is 0 Å². The largest absolute Gasteiger partial charge is 0.493 e. The van der Waals surface area contributed by atoms with Crippen molar-refractivity contribution in [2.75, 3.05) is 11.6 Å². The molecule has 4 nitrogen and oxygen atoms in total. The number of ether oxygens (including phenoxy) is 1. The Morgan fingerprint density at radius 3 is 2.24 bits per heavy atom. The molecule has 4 aromatic rings. The summed E-state index contributed by atoms with van der Waals surface area (Å²) in [4.78, 5) is 4.97. The summed E-state index contributed by atoms with van der Waals surface area (Å²) in [5.74, 6) is 0.937. The third kappa shape index (κ3) is 8.20. The van der Waals surface area contributed by atoms with Crippen LogP contribution in [0.2, 0.25) is 0 Å². The van der Waals surface area contributed by atoms with E-state index in [-0.39, 0.29) is 6.04 Å². The first-order valence-electron chi connectivity index (χ1n) is 15.0. The second kappa shape index (κ2) is 15.3. The van der Waals surface area contributed by atoms with Crippen LogP contribution in [0.3, 0.4) is 0 Å². The van der Waals surface area contributed by atoms with Gasteiger partial charge in [0.2, 0.25) is 5.13 Å². The maximum absolute atomic E-state index is 6.45. The van der Waals surface area contributed by atoms with Crippen LogP contribution < -0.4 is 9.75 Å². The van der Waals surface area contributed by atoms with Crippen molar-refractivity contribution >= 4 is 64.3 Å². The minimum atomic E-state index is -0.00517. The lowest BCUT2D eigenvalue weighted by Gasteiger charge is -2.24. The summed E-state index contributed by atoms with van der Waals surface area (Å²) in [7, 11) is 0. The summed E-state index contributed by atoms with van der Waals surface area (Å²) < 4.78 is 9.73. The highest BCUT2D eigenvalue weighted by atomic mass is 79.9. The predicted molar refractivity (Wildman–Crippen MR) is 182 cm³/mol. The number of anilines is 1. The fourth-order valence-electron chi connectivity index (χ4n) is 5.39. The number of rotatable bonds is 15. The molecule has 0 saturated carbocycles. The van der Waals surface area contributed by atoms with Gasteiger partial charge in [0.15, 0.2) is 0 Å². The van der Waals surface area contributed by atoms with E-state index in [0.717, 1.165) is 61.6 Å². The summed E-state index contributed by atoms with van der Waals surface area (Å²) in [5, 5.41) is 8.17. The van der Waals surface area contributed by atoms with E-state index in [1.54, 1.807) is 11.3 Å². The molecule has 7 heteroatoms. The van der Waals surface area contributed by atoms with Gasteiger partial charge in [-0.3, -0.25) is 0 Å². The van der Waals surface area contributed by atoms with Crippen molar-refractivity contribution < 1.29 is 4.74 Å². The molecule has 0 saturated heterocycles. The zero-order valence-electron chi connectivity index (χ0n) is 23.8. The molecule has 0 aliphatic carbocycles. The zero-order valence-corrected chi connectivity index (χ0v) is 27.8. The molecule has 2 heterocycles. The van der Waals surface area contributed by atoms with Gasteiger partial charge >= 0.3 is 0 Å². The Balaban J connectivity index is 1.28. The molecular weight excluding hydrogens is 658 g/mol. The van der Waals surface area contributed by atoms with Crippen LogP contribution in [-0.2, 0) is 0 Å². The van der Waals surface area contributed by atoms with Gasteiger partial charge in [-0.1, -0.05) is 132 Å². The normalized spacial score (nSPS) is 15.0. The number of fused-ring (bicyclic) bond motifs is 1. The average Bonchev–Trinajstić information content (AvgIpc) is 3.62. The molecule has 1 unspecified atom stereocenters. The summed E-state index contributed by atoms with van der Waals surface area (Å²) in [5.41, 5.74) is 4.33. The number of nitrogens with zero attached hydrogens (tertiary/aromatic N) is 3. The Morgan fingerprint density at radius 2 is 1.51 bits per heavy atom. The van der Waals surface area contributed by atoms with Crippen molar-refractivity contribution in [3.8, 4) is 5.75 Å². The first-order valence-corrected chi connectivity index (χ1v) is 17.4. The van der Waals surface area contributed by atoms with Gasteiger partial charge in [0, 0.05) is 20.9 Å². The third-order valence-corrected chi connectivity index (χ3v) is 9.70. The molecule has 216 valence electrons. The lowest BCUT2D eigenvalue weighted by molar-refractivity contribution is 0.299. The van der Waals surface area contributed by atoms with Crippen LogP contribution in [0.15, 0.2) is 80.8 Å². The second-order valence-corrected chi connectivity index (χ2v) is 13.6. The molecule has 1 atom stereocenters. The standard InChI is InChI=1S/C34H39Br2N3OS/c1-2-3-4-5-6-7-8-9-10-13-22-40-32-21-20-27(36)23-28(32)31-24-30(25-16-18-26(35)19-17-25)38-39(31)34-37-29-14-11-12-15-33(29)41-34/h11-12,14-21,23,31H,2-10,13,22,24H2,1H3. The van der Waals surface area contributed by atoms with Gasteiger partial charge in [0.1, 0.15) is 5.75 Å². The molecular formula is C34H39Br2N3OS. The van der Waals surface area contributed by atoms with Gasteiger partial charge in [-0.25, -0.2) is 9.99 Å². The van der Waals surface area contributed by atoms with Gasteiger partial charge in [-0.15, -0.1) is 0 Å². The lowest BCUT2D eigenvalue weighted by atomic mass is 9.98. The Kier molecular flexibility index (Phi) is 11.3. The monoisotopic (exact) mass is 695 g/mol. The van der Waals surface area contributed by atoms with E-state index in [1.165, 1.54) is 62.5 Å². The van der Waals surface area contributed by atoms with E-state index in [2.05, 4.69) is 104 Å². The summed E-state index contributed by atoms with van der Waals surface area (Å²) >= 11 is 8.98. The van der Waals surface area contributed by atoms with Crippen molar-refractivity contribution in [2.24, 2.45) is 5.10 Å². The number of para-hydroxylation sites is 1. The van der Waals surface area contributed by atoms with Crippen LogP contribution in [0.1, 0.15) is 94.7 Å². The minimum Gasteiger partial charge on any atom is -0.493 e. The Hall–Kier alpha value is -2.22. The van der Waals surface area contributed by atoms with E-state index < -0.39 is 0 Å². The van der Waals surface area contributed by atoms with Crippen LogP contribution >= 0.6 is 43.2 Å². The molecule has 0 bridgehead atoms. The number of unbranched alkanes of at least 4 members (excludes halogenated alkanes) is 9. The minimum absolute atomic E-state index is 0.00517. The number of halogens is 2. The van der Waals surface area contributed by atoms with Gasteiger partial charge in [0.25, 0.3) is 0 Å². The lowest BCUT2D eigenvalue weighted by Crippen LogP contribution is -2.19. The van der Waals surface area contributed by atoms with E-state index in [4.69, 9.17) is 14.8 Å². The first kappa shape index (κ1) is 30.2. The SMILES string of the molecule is CCCCCCCCCCCCOc1ccc(Br)cc1C1CC(c2ccc(Br)cc2)=NN1c1nc2ccccc2s1. The molecule has 0 fully saturated rings. The molecule has 5 rings (SSSR count). The number of aromatic nitrogens is 1. The number of hydrazone groups is 1. The Bertz CT molecular complexity index is 1400. The molecule has 0 amide bonds. The summed E-state index contributed by atoms with van der Waals surface area (Å²) in [6, 6.07) is 23.1. The van der Waals surface area contributed by atoms with Crippen LogP contribution in [0.25, 0.3) is 10.2 Å². The van der Waals surface area contributed by atoms with Gasteiger partial charge < -0.3 is 4.74 Å². The molecule has 0 spiro atoms. The van der Waals surface area contributed by atoms with Crippen molar-refractivity contribution in [3.05, 3.63) is 86.8 Å². The molecule has 1 aromatic heterocycles. The second-order valence-electron chi connectivity index (χ2n) is 10.8. The maximum Gasteiger partial charge on any atom is 0.207 e. The quantitative estimate of drug-likeness (QED) is 0.116. The van der Waals surface area contributed by atoms with E-state index in [9.17, 15) is 0 Å². The summed E-state index contributed by atoms with van der Waals surface area (Å²) in [6.45, 7) is 3.01. The van der Waals surface area contributed by atoms with Crippen molar-refractivity contribution in [2.45, 2.75) is 83.6 Å².